The molecule has 0 aliphatic heterocycles. The zero-order valence-corrected chi connectivity index (χ0v) is 15.1. The highest BCUT2D eigenvalue weighted by Crippen LogP contribution is 2.24. The van der Waals surface area contributed by atoms with Crippen LogP contribution in [-0.4, -0.2) is 14.5 Å². The van der Waals surface area contributed by atoms with Gasteiger partial charge in [-0.25, -0.2) is 4.98 Å². The molecule has 2 aromatic carbocycles. The maximum atomic E-state index is 13.1. The molecule has 0 atom stereocenters. The number of rotatable bonds is 4. The van der Waals surface area contributed by atoms with E-state index < -0.39 is 0 Å². The van der Waals surface area contributed by atoms with Crippen LogP contribution in [0.1, 0.15) is 11.3 Å². The lowest BCUT2D eigenvalue weighted by Gasteiger charge is -2.13. The van der Waals surface area contributed by atoms with Crippen LogP contribution in [0.5, 0.6) is 0 Å². The molecular formula is C21H14N4OS. The summed E-state index contributed by atoms with van der Waals surface area (Å²) in [6, 6.07) is 22.1. The predicted molar refractivity (Wildman–Crippen MR) is 106 cm³/mol. The van der Waals surface area contributed by atoms with Crippen LogP contribution in [0.2, 0.25) is 0 Å². The molecule has 4 aromatic rings. The number of pyridine rings is 1. The Balaban J connectivity index is 1.84. The molecule has 0 aliphatic carbocycles. The fraction of sp³-hybridized carbons (Fsp3) is 0.0476. The number of thioether (sulfide) groups is 1. The van der Waals surface area contributed by atoms with E-state index in [0.717, 1.165) is 5.69 Å². The van der Waals surface area contributed by atoms with Crippen LogP contribution in [-0.2, 0) is 5.75 Å². The molecule has 130 valence electrons. The lowest BCUT2D eigenvalue weighted by Crippen LogP contribution is -2.21. The van der Waals surface area contributed by atoms with Gasteiger partial charge >= 0.3 is 0 Å². The maximum absolute atomic E-state index is 13.1. The highest BCUT2D eigenvalue weighted by atomic mass is 32.2. The summed E-state index contributed by atoms with van der Waals surface area (Å²) in [6.45, 7) is 0. The van der Waals surface area contributed by atoms with Crippen molar-refractivity contribution in [2.45, 2.75) is 10.9 Å². The first-order valence-electron chi connectivity index (χ1n) is 8.31. The molecule has 0 spiro atoms. The summed E-state index contributed by atoms with van der Waals surface area (Å²) in [5.41, 5.74) is 2.67. The average molecular weight is 370 g/mol. The monoisotopic (exact) mass is 370 g/mol. The summed E-state index contributed by atoms with van der Waals surface area (Å²) in [7, 11) is 0. The third-order valence-corrected chi connectivity index (χ3v) is 5.05. The number of fused-ring (bicyclic) bond motifs is 1. The summed E-state index contributed by atoms with van der Waals surface area (Å²) in [4.78, 5) is 22.2. The molecular weight excluding hydrogens is 356 g/mol. The lowest BCUT2D eigenvalue weighted by molar-refractivity contribution is 0.819. The fourth-order valence-corrected chi connectivity index (χ4v) is 3.67. The molecule has 0 bridgehead atoms. The van der Waals surface area contributed by atoms with E-state index in [0.29, 0.717) is 33.1 Å². The second-order valence-corrected chi connectivity index (χ2v) is 6.76. The number of hydrogen-bond acceptors (Lipinski definition) is 5. The molecule has 6 heteroatoms. The quantitative estimate of drug-likeness (QED) is 0.402. The van der Waals surface area contributed by atoms with Crippen molar-refractivity contribution in [3.8, 4) is 11.8 Å². The Morgan fingerprint density at radius 2 is 1.78 bits per heavy atom. The third-order valence-electron chi connectivity index (χ3n) is 4.07. The number of nitrogens with zero attached hydrogens (tertiary/aromatic N) is 4. The van der Waals surface area contributed by atoms with Crippen molar-refractivity contribution < 1.29 is 0 Å². The van der Waals surface area contributed by atoms with Gasteiger partial charge in [-0.15, -0.1) is 0 Å². The zero-order chi connectivity index (χ0) is 18.6. The van der Waals surface area contributed by atoms with E-state index in [9.17, 15) is 4.79 Å². The van der Waals surface area contributed by atoms with Crippen molar-refractivity contribution in [2.75, 3.05) is 0 Å². The molecule has 0 saturated carbocycles. The van der Waals surface area contributed by atoms with Gasteiger partial charge in [0, 0.05) is 11.9 Å². The summed E-state index contributed by atoms with van der Waals surface area (Å²) < 4.78 is 1.59. The topological polar surface area (TPSA) is 71.6 Å². The SMILES string of the molecule is N#Cc1ccc(-n2c(SCc3ccccn3)nc3ccccc3c2=O)cc1. The van der Waals surface area contributed by atoms with Gasteiger partial charge in [0.05, 0.1) is 33.9 Å². The number of aromatic nitrogens is 3. The normalized spacial score (nSPS) is 10.6. The summed E-state index contributed by atoms with van der Waals surface area (Å²) in [5.74, 6) is 0.599. The van der Waals surface area contributed by atoms with Crippen LogP contribution in [0.25, 0.3) is 16.6 Å². The second kappa shape index (κ2) is 7.44. The van der Waals surface area contributed by atoms with Crippen molar-refractivity contribution in [2.24, 2.45) is 0 Å². The molecule has 4 rings (SSSR count). The van der Waals surface area contributed by atoms with E-state index in [1.54, 1.807) is 41.1 Å². The van der Waals surface area contributed by atoms with Gasteiger partial charge in [0.1, 0.15) is 0 Å². The smallest absolute Gasteiger partial charge is 0.266 e. The van der Waals surface area contributed by atoms with Crippen molar-refractivity contribution in [3.05, 3.63) is 94.5 Å². The van der Waals surface area contributed by atoms with Crippen LogP contribution in [0, 0.1) is 11.3 Å². The Kier molecular flexibility index (Phi) is 4.69. The molecule has 0 amide bonds. The Bertz CT molecular complexity index is 1200. The first-order chi connectivity index (χ1) is 13.3. The van der Waals surface area contributed by atoms with Crippen LogP contribution >= 0.6 is 11.8 Å². The van der Waals surface area contributed by atoms with Gasteiger partial charge in [0.2, 0.25) is 0 Å². The molecule has 5 nitrogen and oxygen atoms in total. The van der Waals surface area contributed by atoms with E-state index in [-0.39, 0.29) is 5.56 Å². The molecule has 0 fully saturated rings. The van der Waals surface area contributed by atoms with Crippen molar-refractivity contribution in [3.63, 3.8) is 0 Å². The van der Waals surface area contributed by atoms with Gasteiger partial charge in [-0.05, 0) is 48.5 Å². The molecule has 0 saturated heterocycles. The number of nitriles is 1. The van der Waals surface area contributed by atoms with Crippen LogP contribution in [0.4, 0.5) is 0 Å². The Morgan fingerprint density at radius 1 is 1.00 bits per heavy atom. The highest BCUT2D eigenvalue weighted by Gasteiger charge is 2.13. The van der Waals surface area contributed by atoms with Gasteiger partial charge in [-0.2, -0.15) is 5.26 Å². The maximum Gasteiger partial charge on any atom is 0.266 e. The van der Waals surface area contributed by atoms with Crippen LogP contribution in [0.3, 0.4) is 0 Å². The van der Waals surface area contributed by atoms with Crippen molar-refractivity contribution in [1.82, 2.24) is 14.5 Å². The van der Waals surface area contributed by atoms with Gasteiger partial charge in [0.15, 0.2) is 5.16 Å². The first kappa shape index (κ1) is 17.0. The van der Waals surface area contributed by atoms with Gasteiger partial charge < -0.3 is 0 Å². The molecule has 0 radical (unpaired) electrons. The summed E-state index contributed by atoms with van der Waals surface area (Å²) in [5, 5.41) is 10.2. The predicted octanol–water partition coefficient (Wildman–Crippen LogP) is 3.94. The van der Waals surface area contributed by atoms with E-state index in [4.69, 9.17) is 10.2 Å². The van der Waals surface area contributed by atoms with Crippen molar-refractivity contribution in [1.29, 1.82) is 5.26 Å². The molecule has 0 N–H and O–H groups in total. The van der Waals surface area contributed by atoms with Crippen LogP contribution < -0.4 is 5.56 Å². The first-order valence-corrected chi connectivity index (χ1v) is 9.30. The van der Waals surface area contributed by atoms with Gasteiger partial charge in [0.25, 0.3) is 5.56 Å². The van der Waals surface area contributed by atoms with E-state index >= 15 is 0 Å². The average Bonchev–Trinajstić information content (AvgIpc) is 2.73. The highest BCUT2D eigenvalue weighted by molar-refractivity contribution is 7.98. The number of para-hydroxylation sites is 1. The Morgan fingerprint density at radius 3 is 2.52 bits per heavy atom. The van der Waals surface area contributed by atoms with Gasteiger partial charge in [-0.3, -0.25) is 14.3 Å². The molecule has 0 aliphatic rings. The largest absolute Gasteiger partial charge is 0.268 e. The molecule has 2 heterocycles. The van der Waals surface area contributed by atoms with E-state index in [2.05, 4.69) is 11.1 Å². The Hall–Kier alpha value is -3.43. The van der Waals surface area contributed by atoms with Crippen LogP contribution in [0.15, 0.2) is 82.9 Å². The minimum atomic E-state index is -0.131. The van der Waals surface area contributed by atoms with Gasteiger partial charge in [-0.1, -0.05) is 30.0 Å². The third kappa shape index (κ3) is 3.46. The lowest BCUT2D eigenvalue weighted by atomic mass is 10.2. The number of hydrogen-bond donors (Lipinski definition) is 0. The summed E-state index contributed by atoms with van der Waals surface area (Å²) >= 11 is 1.46. The van der Waals surface area contributed by atoms with E-state index in [1.807, 2.05) is 36.4 Å². The second-order valence-electron chi connectivity index (χ2n) is 5.82. The molecule has 27 heavy (non-hydrogen) atoms. The van der Waals surface area contributed by atoms with Crippen molar-refractivity contribution >= 4 is 22.7 Å². The summed E-state index contributed by atoms with van der Waals surface area (Å²) in [6.07, 6.45) is 1.75. The number of benzene rings is 2. The molecule has 2 aromatic heterocycles. The standard InChI is InChI=1S/C21H14N4OS/c22-13-15-8-10-17(11-9-15)25-20(26)18-6-1-2-7-19(18)24-21(25)27-14-16-5-3-4-12-23-16/h1-12H,14H2. The van der Waals surface area contributed by atoms with E-state index in [1.165, 1.54) is 11.8 Å². The zero-order valence-electron chi connectivity index (χ0n) is 14.2. The minimum absolute atomic E-state index is 0.131. The molecule has 0 unspecified atom stereocenters. The minimum Gasteiger partial charge on any atom is -0.268 e. The Labute approximate surface area is 160 Å². The fourth-order valence-electron chi connectivity index (χ4n) is 2.74.